The average molecular weight is 241 g/mol. The second-order valence-electron chi connectivity index (χ2n) is 5.73. The molecule has 0 aliphatic carbocycles. The van der Waals surface area contributed by atoms with E-state index in [4.69, 9.17) is 5.73 Å². The van der Waals surface area contributed by atoms with Crippen molar-refractivity contribution in [1.82, 2.24) is 10.2 Å². The van der Waals surface area contributed by atoms with E-state index < -0.39 is 0 Å². The number of piperidine rings is 1. The fourth-order valence-electron chi connectivity index (χ4n) is 2.21. The van der Waals surface area contributed by atoms with Crippen molar-refractivity contribution >= 4 is 5.91 Å². The van der Waals surface area contributed by atoms with Crippen LogP contribution in [0.2, 0.25) is 0 Å². The normalized spacial score (nSPS) is 22.1. The van der Waals surface area contributed by atoms with Crippen molar-refractivity contribution in [3.8, 4) is 0 Å². The lowest BCUT2D eigenvalue weighted by molar-refractivity contribution is -0.123. The zero-order valence-electron chi connectivity index (χ0n) is 11.5. The van der Waals surface area contributed by atoms with Crippen LogP contribution in [0.15, 0.2) is 0 Å². The van der Waals surface area contributed by atoms with Crippen molar-refractivity contribution in [2.24, 2.45) is 11.1 Å². The number of amides is 1. The maximum absolute atomic E-state index is 11.7. The lowest BCUT2D eigenvalue weighted by Crippen LogP contribution is -2.47. The fourth-order valence-corrected chi connectivity index (χ4v) is 2.21. The summed E-state index contributed by atoms with van der Waals surface area (Å²) in [6.07, 6.45) is 4.02. The summed E-state index contributed by atoms with van der Waals surface area (Å²) < 4.78 is 0. The van der Waals surface area contributed by atoms with E-state index in [-0.39, 0.29) is 17.4 Å². The Morgan fingerprint density at radius 3 is 2.59 bits per heavy atom. The number of hydrogen-bond acceptors (Lipinski definition) is 3. The average Bonchev–Trinajstić information content (AvgIpc) is 2.31. The molecule has 1 atom stereocenters. The van der Waals surface area contributed by atoms with Crippen LogP contribution < -0.4 is 11.1 Å². The predicted molar refractivity (Wildman–Crippen MR) is 70.7 cm³/mol. The number of hydrogen-bond donors (Lipinski definition) is 2. The lowest BCUT2D eigenvalue weighted by atomic mass is 9.80. The Morgan fingerprint density at radius 1 is 1.47 bits per heavy atom. The van der Waals surface area contributed by atoms with Gasteiger partial charge < -0.3 is 16.0 Å². The van der Waals surface area contributed by atoms with E-state index >= 15 is 0 Å². The molecule has 1 aliphatic rings. The maximum atomic E-state index is 11.7. The predicted octanol–water partition coefficient (Wildman–Crippen LogP) is 0.962. The van der Waals surface area contributed by atoms with Crippen LogP contribution in [0.25, 0.3) is 0 Å². The first-order valence-electron chi connectivity index (χ1n) is 6.69. The topological polar surface area (TPSA) is 58.4 Å². The van der Waals surface area contributed by atoms with Gasteiger partial charge in [-0.3, -0.25) is 4.79 Å². The molecule has 0 aromatic rings. The smallest absolute Gasteiger partial charge is 0.236 e. The summed E-state index contributed by atoms with van der Waals surface area (Å²) in [6.45, 7) is 7.30. The zero-order valence-corrected chi connectivity index (χ0v) is 11.5. The van der Waals surface area contributed by atoms with Crippen LogP contribution in [0, 0.1) is 5.41 Å². The summed E-state index contributed by atoms with van der Waals surface area (Å²) in [5, 5.41) is 3.01. The highest BCUT2D eigenvalue weighted by molar-refractivity contribution is 5.81. The molecule has 17 heavy (non-hydrogen) atoms. The van der Waals surface area contributed by atoms with Crippen LogP contribution in [-0.2, 0) is 4.79 Å². The molecule has 0 aromatic carbocycles. The second-order valence-corrected chi connectivity index (χ2v) is 5.73. The first kappa shape index (κ1) is 14.5. The number of likely N-dealkylation sites (tertiary alicyclic amines) is 1. The molecule has 1 heterocycles. The molecule has 0 radical (unpaired) electrons. The van der Waals surface area contributed by atoms with Crippen LogP contribution in [0.3, 0.4) is 0 Å². The highest BCUT2D eigenvalue weighted by Crippen LogP contribution is 2.29. The van der Waals surface area contributed by atoms with Crippen LogP contribution in [0.4, 0.5) is 0 Å². The van der Waals surface area contributed by atoms with Crippen LogP contribution in [0.1, 0.15) is 39.5 Å². The molecule has 3 N–H and O–H groups in total. The molecule has 1 aliphatic heterocycles. The van der Waals surface area contributed by atoms with Gasteiger partial charge >= 0.3 is 0 Å². The molecule has 0 bridgehead atoms. The van der Waals surface area contributed by atoms with Gasteiger partial charge in [0.05, 0.1) is 6.04 Å². The Hall–Kier alpha value is -0.610. The van der Waals surface area contributed by atoms with Crippen molar-refractivity contribution < 1.29 is 4.79 Å². The minimum Gasteiger partial charge on any atom is -0.354 e. The van der Waals surface area contributed by atoms with Gasteiger partial charge in [0.2, 0.25) is 5.91 Å². The van der Waals surface area contributed by atoms with Gasteiger partial charge in [0, 0.05) is 6.54 Å². The van der Waals surface area contributed by atoms with Gasteiger partial charge in [0.1, 0.15) is 0 Å². The van der Waals surface area contributed by atoms with Crippen LogP contribution in [0.5, 0.6) is 0 Å². The highest BCUT2D eigenvalue weighted by Gasteiger charge is 2.29. The summed E-state index contributed by atoms with van der Waals surface area (Å²) in [4.78, 5) is 14.1. The van der Waals surface area contributed by atoms with Gasteiger partial charge in [-0.1, -0.05) is 20.3 Å². The van der Waals surface area contributed by atoms with Crippen LogP contribution >= 0.6 is 0 Å². The molecule has 0 saturated carbocycles. The summed E-state index contributed by atoms with van der Waals surface area (Å²) in [5.74, 6) is 0.00648. The monoisotopic (exact) mass is 241 g/mol. The molecule has 1 saturated heterocycles. The van der Waals surface area contributed by atoms with Crippen molar-refractivity contribution in [3.05, 3.63) is 0 Å². The quantitative estimate of drug-likeness (QED) is 0.754. The third-order valence-corrected chi connectivity index (χ3v) is 3.82. The van der Waals surface area contributed by atoms with E-state index in [1.807, 2.05) is 6.92 Å². The Kier molecular flexibility index (Phi) is 5.40. The van der Waals surface area contributed by atoms with E-state index in [0.717, 1.165) is 45.3 Å². The number of nitrogens with two attached hydrogens (primary N) is 1. The molecule has 0 aromatic heterocycles. The molecule has 0 unspecified atom stereocenters. The highest BCUT2D eigenvalue weighted by atomic mass is 16.2. The third kappa shape index (κ3) is 4.64. The number of nitrogens with one attached hydrogen (secondary N) is 1. The van der Waals surface area contributed by atoms with Crippen molar-refractivity contribution in [2.45, 2.75) is 45.6 Å². The molecular formula is C13H27N3O. The second kappa shape index (κ2) is 6.36. The van der Waals surface area contributed by atoms with Gasteiger partial charge in [0.25, 0.3) is 0 Å². The van der Waals surface area contributed by atoms with Gasteiger partial charge in [-0.25, -0.2) is 0 Å². The van der Waals surface area contributed by atoms with E-state index in [0.29, 0.717) is 0 Å². The minimum absolute atomic E-state index is 0.00648. The first-order chi connectivity index (χ1) is 7.97. The van der Waals surface area contributed by atoms with Crippen molar-refractivity contribution in [1.29, 1.82) is 0 Å². The molecule has 100 valence electrons. The minimum atomic E-state index is -0.338. The SMILES string of the molecule is CCC[C@H](N)C(=O)NCC1(C)CCN(C)CC1. The summed E-state index contributed by atoms with van der Waals surface area (Å²) in [6, 6.07) is -0.338. The Balaban J connectivity index is 2.32. The summed E-state index contributed by atoms with van der Waals surface area (Å²) in [5.41, 5.74) is 6.03. The van der Waals surface area contributed by atoms with Crippen molar-refractivity contribution in [2.75, 3.05) is 26.7 Å². The van der Waals surface area contributed by atoms with E-state index in [2.05, 4.69) is 24.2 Å². The van der Waals surface area contributed by atoms with Crippen molar-refractivity contribution in [3.63, 3.8) is 0 Å². The van der Waals surface area contributed by atoms with Gasteiger partial charge in [-0.2, -0.15) is 0 Å². The molecule has 1 rings (SSSR count). The van der Waals surface area contributed by atoms with E-state index in [1.165, 1.54) is 0 Å². The van der Waals surface area contributed by atoms with E-state index in [1.54, 1.807) is 0 Å². The molecule has 4 heteroatoms. The number of carbonyl (C=O) groups excluding carboxylic acids is 1. The fraction of sp³-hybridized carbons (Fsp3) is 0.923. The Bertz CT molecular complexity index is 247. The van der Waals surface area contributed by atoms with Gasteiger partial charge in [-0.15, -0.1) is 0 Å². The van der Waals surface area contributed by atoms with E-state index in [9.17, 15) is 4.79 Å². The third-order valence-electron chi connectivity index (χ3n) is 3.82. The van der Waals surface area contributed by atoms with Gasteiger partial charge in [-0.05, 0) is 44.8 Å². The summed E-state index contributed by atoms with van der Waals surface area (Å²) in [7, 11) is 2.15. The van der Waals surface area contributed by atoms with Gasteiger partial charge in [0.15, 0.2) is 0 Å². The number of carbonyl (C=O) groups is 1. The summed E-state index contributed by atoms with van der Waals surface area (Å²) >= 11 is 0. The lowest BCUT2D eigenvalue weighted by Gasteiger charge is -2.38. The Labute approximate surface area is 105 Å². The molecular weight excluding hydrogens is 214 g/mol. The molecule has 0 spiro atoms. The largest absolute Gasteiger partial charge is 0.354 e. The molecule has 4 nitrogen and oxygen atoms in total. The zero-order chi connectivity index (χ0) is 12.9. The number of nitrogens with zero attached hydrogens (tertiary/aromatic N) is 1. The molecule has 1 fully saturated rings. The Morgan fingerprint density at radius 2 is 2.06 bits per heavy atom. The number of rotatable bonds is 5. The first-order valence-corrected chi connectivity index (χ1v) is 6.69. The standard InChI is InChI=1S/C13H27N3O/c1-4-5-11(14)12(17)15-10-13(2)6-8-16(3)9-7-13/h11H,4-10,14H2,1-3H3,(H,15,17)/t11-/m0/s1. The van der Waals surface area contributed by atoms with Crippen LogP contribution in [-0.4, -0.2) is 43.5 Å². The maximum Gasteiger partial charge on any atom is 0.236 e. The molecule has 1 amide bonds.